The van der Waals surface area contributed by atoms with Crippen LogP contribution in [0, 0.1) is 0 Å². The number of benzene rings is 2. The molecule has 0 aromatic heterocycles. The summed E-state index contributed by atoms with van der Waals surface area (Å²) < 4.78 is 5.15. The fraction of sp³-hybridized carbons (Fsp3) is 0.292. The molecule has 7 heteroatoms. The Bertz CT molecular complexity index is 984. The molecule has 7 nitrogen and oxygen atoms in total. The van der Waals surface area contributed by atoms with Crippen molar-refractivity contribution in [2.24, 2.45) is 0 Å². The molecule has 3 amide bonds. The van der Waals surface area contributed by atoms with Gasteiger partial charge in [-0.25, -0.2) is 0 Å². The number of carbonyl (C=O) groups excluding carboxylic acids is 3. The van der Waals surface area contributed by atoms with Gasteiger partial charge in [0, 0.05) is 17.8 Å². The lowest BCUT2D eigenvalue weighted by molar-refractivity contribution is -0.138. The molecule has 160 valence electrons. The van der Waals surface area contributed by atoms with Crippen molar-refractivity contribution in [1.29, 1.82) is 0 Å². The summed E-state index contributed by atoms with van der Waals surface area (Å²) in [7, 11) is 1.58. The fourth-order valence-corrected chi connectivity index (χ4v) is 3.55. The number of carbonyl (C=O) groups is 3. The third-order valence-corrected chi connectivity index (χ3v) is 5.47. The maximum atomic E-state index is 12.9. The Morgan fingerprint density at radius 2 is 1.81 bits per heavy atom. The summed E-state index contributed by atoms with van der Waals surface area (Å²) in [5.41, 5.74) is 1.64. The van der Waals surface area contributed by atoms with Crippen LogP contribution in [-0.2, 0) is 14.4 Å². The predicted octanol–water partition coefficient (Wildman–Crippen LogP) is 2.53. The van der Waals surface area contributed by atoms with Gasteiger partial charge in [0.15, 0.2) is 0 Å². The Balaban J connectivity index is 1.39. The smallest absolute Gasteiger partial charge is 0.248 e. The first-order chi connectivity index (χ1) is 15.0. The highest BCUT2D eigenvalue weighted by atomic mass is 16.5. The zero-order valence-corrected chi connectivity index (χ0v) is 17.4. The first-order valence-electron chi connectivity index (χ1n) is 10.3. The quantitative estimate of drug-likeness (QED) is 0.647. The highest BCUT2D eigenvalue weighted by Crippen LogP contribution is 2.28. The van der Waals surface area contributed by atoms with Crippen LogP contribution in [0.1, 0.15) is 18.4 Å². The van der Waals surface area contributed by atoms with Crippen molar-refractivity contribution in [2.75, 3.05) is 31.8 Å². The fourth-order valence-electron chi connectivity index (χ4n) is 3.55. The summed E-state index contributed by atoms with van der Waals surface area (Å²) in [4.78, 5) is 42.8. The van der Waals surface area contributed by atoms with Crippen LogP contribution in [0.4, 0.5) is 5.69 Å². The zero-order valence-electron chi connectivity index (χ0n) is 17.4. The molecule has 0 spiro atoms. The Kier molecular flexibility index (Phi) is 6.02. The van der Waals surface area contributed by atoms with Crippen LogP contribution in [0.15, 0.2) is 60.7 Å². The second-order valence-electron chi connectivity index (χ2n) is 7.69. The van der Waals surface area contributed by atoms with E-state index in [0.717, 1.165) is 18.4 Å². The van der Waals surface area contributed by atoms with Gasteiger partial charge in [0.1, 0.15) is 25.5 Å². The summed E-state index contributed by atoms with van der Waals surface area (Å²) in [6.45, 7) is 0.167. The summed E-state index contributed by atoms with van der Waals surface area (Å²) in [5.74, 6) is 0.146. The first-order valence-corrected chi connectivity index (χ1v) is 10.3. The third kappa shape index (κ3) is 4.94. The van der Waals surface area contributed by atoms with Gasteiger partial charge >= 0.3 is 0 Å². The molecular formula is C24H25N3O4. The number of hydrogen-bond acceptors (Lipinski definition) is 4. The molecular weight excluding hydrogens is 394 g/mol. The number of ether oxygens (including phenoxy) is 1. The Morgan fingerprint density at radius 3 is 2.45 bits per heavy atom. The number of amides is 3. The summed E-state index contributed by atoms with van der Waals surface area (Å²) in [6.07, 6.45) is 5.07. The highest BCUT2D eigenvalue weighted by molar-refractivity contribution is 6.01. The molecule has 2 aliphatic rings. The van der Waals surface area contributed by atoms with Crippen LogP contribution >= 0.6 is 0 Å². The Morgan fingerprint density at radius 1 is 1.10 bits per heavy atom. The summed E-state index contributed by atoms with van der Waals surface area (Å²) >= 11 is 0. The topological polar surface area (TPSA) is 70.2 Å². The minimum absolute atomic E-state index is 0.0113. The van der Waals surface area contributed by atoms with E-state index in [1.165, 1.54) is 11.0 Å². The molecule has 1 aliphatic carbocycles. The van der Waals surface area contributed by atoms with E-state index in [2.05, 4.69) is 0 Å². The molecule has 0 atom stereocenters. The number of hydrogen-bond donors (Lipinski definition) is 0. The molecule has 1 saturated carbocycles. The van der Waals surface area contributed by atoms with E-state index in [-0.39, 0.29) is 43.5 Å². The number of nitrogens with zero attached hydrogens (tertiary/aromatic N) is 3. The lowest BCUT2D eigenvalue weighted by Crippen LogP contribution is -2.43. The van der Waals surface area contributed by atoms with Crippen molar-refractivity contribution >= 4 is 29.5 Å². The number of rotatable bonds is 7. The van der Waals surface area contributed by atoms with Crippen molar-refractivity contribution in [3.63, 3.8) is 0 Å². The molecule has 0 unspecified atom stereocenters. The Labute approximate surface area is 181 Å². The second kappa shape index (κ2) is 9.04. The second-order valence-corrected chi connectivity index (χ2v) is 7.69. The van der Waals surface area contributed by atoms with Crippen molar-refractivity contribution in [2.45, 2.75) is 18.9 Å². The van der Waals surface area contributed by atoms with Gasteiger partial charge in [0.25, 0.3) is 0 Å². The van der Waals surface area contributed by atoms with Gasteiger partial charge in [-0.05, 0) is 48.7 Å². The number of methoxy groups -OCH3 is 1. The van der Waals surface area contributed by atoms with Crippen LogP contribution in [0.25, 0.3) is 6.08 Å². The first kappa shape index (κ1) is 20.7. The Hall–Kier alpha value is -3.61. The standard InChI is InChI=1S/C24H25N3O4/c1-31-21-12-10-20(11-13-21)27-17-25(15-24(27)30)23(29)16-26(19-8-9-19)22(28)14-7-18-5-3-2-4-6-18/h2-7,10-14,19H,8-9,15-17H2,1H3. The van der Waals surface area contributed by atoms with Gasteiger partial charge in [0.05, 0.1) is 7.11 Å². The monoisotopic (exact) mass is 419 g/mol. The maximum absolute atomic E-state index is 12.9. The van der Waals surface area contributed by atoms with E-state index in [1.807, 2.05) is 30.3 Å². The van der Waals surface area contributed by atoms with Gasteiger partial charge < -0.3 is 14.5 Å². The molecule has 0 N–H and O–H groups in total. The van der Waals surface area contributed by atoms with Crippen LogP contribution in [0.3, 0.4) is 0 Å². The number of anilines is 1. The van der Waals surface area contributed by atoms with Crippen LogP contribution in [0.5, 0.6) is 5.75 Å². The van der Waals surface area contributed by atoms with Crippen molar-refractivity contribution in [3.8, 4) is 5.75 Å². The minimum atomic E-state index is -0.224. The van der Waals surface area contributed by atoms with Crippen molar-refractivity contribution in [3.05, 3.63) is 66.2 Å². The van der Waals surface area contributed by atoms with Gasteiger partial charge in [-0.1, -0.05) is 30.3 Å². The van der Waals surface area contributed by atoms with Crippen molar-refractivity contribution in [1.82, 2.24) is 9.80 Å². The van der Waals surface area contributed by atoms with Gasteiger partial charge in [-0.15, -0.1) is 0 Å². The molecule has 1 saturated heterocycles. The van der Waals surface area contributed by atoms with E-state index in [4.69, 9.17) is 4.74 Å². The molecule has 0 radical (unpaired) electrons. The lowest BCUT2D eigenvalue weighted by Gasteiger charge is -2.24. The molecule has 2 aromatic rings. The summed E-state index contributed by atoms with van der Waals surface area (Å²) in [6, 6.07) is 16.8. The van der Waals surface area contributed by atoms with E-state index >= 15 is 0 Å². The highest BCUT2D eigenvalue weighted by Gasteiger charge is 2.37. The maximum Gasteiger partial charge on any atom is 0.248 e. The third-order valence-electron chi connectivity index (χ3n) is 5.47. The average molecular weight is 419 g/mol. The SMILES string of the molecule is COc1ccc(N2CN(C(=O)CN(C(=O)C=Cc3ccccc3)C3CC3)CC2=O)cc1. The van der Waals surface area contributed by atoms with E-state index in [9.17, 15) is 14.4 Å². The normalized spacial score (nSPS) is 16.1. The molecule has 31 heavy (non-hydrogen) atoms. The zero-order chi connectivity index (χ0) is 21.8. The molecule has 2 aromatic carbocycles. The predicted molar refractivity (Wildman–Crippen MR) is 117 cm³/mol. The molecule has 1 heterocycles. The molecule has 2 fully saturated rings. The average Bonchev–Trinajstić information content (AvgIpc) is 3.57. The van der Waals surface area contributed by atoms with Gasteiger partial charge in [0.2, 0.25) is 17.7 Å². The van der Waals surface area contributed by atoms with Crippen molar-refractivity contribution < 1.29 is 19.1 Å². The van der Waals surface area contributed by atoms with E-state index in [0.29, 0.717) is 11.4 Å². The largest absolute Gasteiger partial charge is 0.497 e. The summed E-state index contributed by atoms with van der Waals surface area (Å²) in [5, 5.41) is 0. The lowest BCUT2D eigenvalue weighted by atomic mass is 10.2. The van der Waals surface area contributed by atoms with Crippen LogP contribution < -0.4 is 9.64 Å². The van der Waals surface area contributed by atoms with Crippen LogP contribution in [-0.4, -0.2) is 60.4 Å². The van der Waals surface area contributed by atoms with Gasteiger partial charge in [-0.2, -0.15) is 0 Å². The minimum Gasteiger partial charge on any atom is -0.497 e. The van der Waals surface area contributed by atoms with E-state index < -0.39 is 0 Å². The molecule has 1 aliphatic heterocycles. The van der Waals surface area contributed by atoms with E-state index in [1.54, 1.807) is 47.3 Å². The van der Waals surface area contributed by atoms with Crippen LogP contribution in [0.2, 0.25) is 0 Å². The molecule has 0 bridgehead atoms. The van der Waals surface area contributed by atoms with Gasteiger partial charge in [-0.3, -0.25) is 19.3 Å². The molecule has 4 rings (SSSR count).